The Morgan fingerprint density at radius 2 is 1.74 bits per heavy atom. The number of hydrogen-bond acceptors (Lipinski definition) is 2. The molecule has 1 aromatic carbocycles. The molecule has 0 aromatic heterocycles. The minimum Gasteiger partial charge on any atom is -0.407 e. The highest BCUT2D eigenvalue weighted by Gasteiger charge is 2.31. The van der Waals surface area contributed by atoms with E-state index in [1.54, 1.807) is 0 Å². The third-order valence-electron chi connectivity index (χ3n) is 4.40. The predicted octanol–water partition coefficient (Wildman–Crippen LogP) is 5.27. The third-order valence-corrected chi connectivity index (χ3v) is 5.33. The van der Waals surface area contributed by atoms with Crippen LogP contribution in [0.1, 0.15) is 57.9 Å². The molecule has 0 saturated carbocycles. The van der Waals surface area contributed by atoms with Crippen LogP contribution in [0.4, 0.5) is 0 Å². The van der Waals surface area contributed by atoms with Crippen LogP contribution in [0.15, 0.2) is 12.1 Å². The van der Waals surface area contributed by atoms with E-state index in [4.69, 9.17) is 32.5 Å². The standard InChI is InChI=1S/C18H27BCl2O2/c1-3-5-6-7-9-14-12-22-19(23-13-14)16-11-10-15(8-4-2)17(20)18(16)21/h10-11,14H,3-9,12-13H2,1-2H3. The molecule has 0 unspecified atom stereocenters. The maximum absolute atomic E-state index is 6.43. The Labute approximate surface area is 151 Å². The zero-order chi connectivity index (χ0) is 16.7. The molecule has 1 saturated heterocycles. The summed E-state index contributed by atoms with van der Waals surface area (Å²) in [4.78, 5) is 0. The minimum absolute atomic E-state index is 0.387. The summed E-state index contributed by atoms with van der Waals surface area (Å²) in [5.74, 6) is 0.497. The Hall–Kier alpha value is -0.215. The van der Waals surface area contributed by atoms with Gasteiger partial charge in [-0.05, 0) is 18.4 Å². The van der Waals surface area contributed by atoms with E-state index < -0.39 is 0 Å². The van der Waals surface area contributed by atoms with Gasteiger partial charge in [0.15, 0.2) is 0 Å². The molecule has 1 aliphatic rings. The van der Waals surface area contributed by atoms with Gasteiger partial charge in [0.05, 0.1) is 10.0 Å². The Morgan fingerprint density at radius 1 is 1.00 bits per heavy atom. The van der Waals surface area contributed by atoms with Crippen molar-refractivity contribution in [2.24, 2.45) is 5.92 Å². The van der Waals surface area contributed by atoms with Gasteiger partial charge in [-0.3, -0.25) is 0 Å². The van der Waals surface area contributed by atoms with Crippen molar-refractivity contribution in [2.75, 3.05) is 13.2 Å². The minimum atomic E-state index is -0.387. The van der Waals surface area contributed by atoms with E-state index in [1.165, 1.54) is 32.1 Å². The van der Waals surface area contributed by atoms with E-state index in [2.05, 4.69) is 13.8 Å². The highest BCUT2D eigenvalue weighted by Crippen LogP contribution is 2.27. The van der Waals surface area contributed by atoms with Crippen molar-refractivity contribution in [3.8, 4) is 0 Å². The summed E-state index contributed by atoms with van der Waals surface area (Å²) in [5, 5.41) is 1.21. The fraction of sp³-hybridized carbons (Fsp3) is 0.667. The van der Waals surface area contributed by atoms with Gasteiger partial charge in [-0.1, -0.05) is 81.3 Å². The number of hydrogen-bond donors (Lipinski definition) is 0. The van der Waals surface area contributed by atoms with Crippen molar-refractivity contribution < 1.29 is 9.31 Å². The molecule has 0 atom stereocenters. The molecule has 0 radical (unpaired) electrons. The van der Waals surface area contributed by atoms with Crippen molar-refractivity contribution in [3.05, 3.63) is 27.7 Å². The maximum atomic E-state index is 6.43. The van der Waals surface area contributed by atoms with E-state index >= 15 is 0 Å². The summed E-state index contributed by atoms with van der Waals surface area (Å²) in [6, 6.07) is 4.03. The number of benzene rings is 1. The quantitative estimate of drug-likeness (QED) is 0.466. The summed E-state index contributed by atoms with van der Waals surface area (Å²) in [6.45, 7) is 5.84. The Kier molecular flexibility index (Phi) is 8.25. The lowest BCUT2D eigenvalue weighted by molar-refractivity contribution is 0.0810. The van der Waals surface area contributed by atoms with Gasteiger partial charge < -0.3 is 9.31 Å². The largest absolute Gasteiger partial charge is 0.495 e. The Bertz CT molecular complexity index is 488. The first kappa shape index (κ1) is 19.1. The van der Waals surface area contributed by atoms with Crippen LogP contribution in [0.3, 0.4) is 0 Å². The average Bonchev–Trinajstić information content (AvgIpc) is 2.57. The molecule has 0 aliphatic carbocycles. The van der Waals surface area contributed by atoms with Gasteiger partial charge in [-0.15, -0.1) is 0 Å². The summed E-state index contributed by atoms with van der Waals surface area (Å²) < 4.78 is 11.8. The summed E-state index contributed by atoms with van der Waals surface area (Å²) >= 11 is 12.8. The van der Waals surface area contributed by atoms with E-state index in [-0.39, 0.29) is 7.12 Å². The Morgan fingerprint density at radius 3 is 2.39 bits per heavy atom. The molecule has 0 N–H and O–H groups in total. The van der Waals surface area contributed by atoms with Gasteiger partial charge in [-0.25, -0.2) is 0 Å². The molecule has 1 heterocycles. The van der Waals surface area contributed by atoms with Crippen LogP contribution in [-0.2, 0) is 15.7 Å². The predicted molar refractivity (Wildman–Crippen MR) is 100.0 cm³/mol. The second kappa shape index (κ2) is 9.93. The lowest BCUT2D eigenvalue weighted by Crippen LogP contribution is -2.44. The molecular formula is C18H27BCl2O2. The normalized spacial score (nSPS) is 16.1. The number of aryl methyl sites for hydroxylation is 1. The zero-order valence-electron chi connectivity index (χ0n) is 14.2. The van der Waals surface area contributed by atoms with Gasteiger partial charge >= 0.3 is 7.12 Å². The molecule has 128 valence electrons. The zero-order valence-corrected chi connectivity index (χ0v) is 15.8. The van der Waals surface area contributed by atoms with E-state index in [1.807, 2.05) is 12.1 Å². The van der Waals surface area contributed by atoms with Gasteiger partial charge in [-0.2, -0.15) is 0 Å². The number of rotatable bonds is 8. The lowest BCUT2D eigenvalue weighted by Gasteiger charge is -2.28. The number of unbranched alkanes of at least 4 members (excludes halogenated alkanes) is 3. The second-order valence-corrected chi connectivity index (χ2v) is 7.16. The van der Waals surface area contributed by atoms with Crippen molar-refractivity contribution in [2.45, 2.75) is 58.8 Å². The van der Waals surface area contributed by atoms with Gasteiger partial charge in [0.2, 0.25) is 0 Å². The molecule has 0 spiro atoms. The van der Waals surface area contributed by atoms with Crippen LogP contribution < -0.4 is 5.46 Å². The molecule has 1 aromatic rings. The molecular weight excluding hydrogens is 330 g/mol. The van der Waals surface area contributed by atoms with Crippen LogP contribution in [0.2, 0.25) is 10.0 Å². The fourth-order valence-electron chi connectivity index (χ4n) is 3.00. The summed E-state index contributed by atoms with van der Waals surface area (Å²) in [5.41, 5.74) is 1.94. The van der Waals surface area contributed by atoms with Crippen LogP contribution >= 0.6 is 23.2 Å². The van der Waals surface area contributed by atoms with E-state index in [0.717, 1.165) is 37.1 Å². The smallest absolute Gasteiger partial charge is 0.407 e. The van der Waals surface area contributed by atoms with Crippen LogP contribution in [-0.4, -0.2) is 20.3 Å². The van der Waals surface area contributed by atoms with E-state index in [0.29, 0.717) is 16.0 Å². The topological polar surface area (TPSA) is 18.5 Å². The lowest BCUT2D eigenvalue weighted by atomic mass is 9.76. The molecule has 2 nitrogen and oxygen atoms in total. The molecule has 23 heavy (non-hydrogen) atoms. The summed E-state index contributed by atoms with van der Waals surface area (Å²) in [6.07, 6.45) is 8.31. The number of halogens is 2. The van der Waals surface area contributed by atoms with Crippen LogP contribution in [0.25, 0.3) is 0 Å². The van der Waals surface area contributed by atoms with Gasteiger partial charge in [0, 0.05) is 24.6 Å². The first-order chi connectivity index (χ1) is 11.2. The molecule has 1 aliphatic heterocycles. The summed E-state index contributed by atoms with van der Waals surface area (Å²) in [7, 11) is -0.387. The van der Waals surface area contributed by atoms with Crippen LogP contribution in [0, 0.1) is 5.92 Å². The van der Waals surface area contributed by atoms with E-state index in [9.17, 15) is 0 Å². The van der Waals surface area contributed by atoms with Gasteiger partial charge in [0.25, 0.3) is 0 Å². The maximum Gasteiger partial charge on any atom is 0.495 e. The average molecular weight is 357 g/mol. The third kappa shape index (κ3) is 5.39. The second-order valence-electron chi connectivity index (χ2n) is 6.41. The monoisotopic (exact) mass is 356 g/mol. The van der Waals surface area contributed by atoms with Crippen molar-refractivity contribution in [1.29, 1.82) is 0 Å². The van der Waals surface area contributed by atoms with Gasteiger partial charge in [0.1, 0.15) is 0 Å². The first-order valence-corrected chi connectivity index (χ1v) is 9.62. The molecule has 2 rings (SSSR count). The highest BCUT2D eigenvalue weighted by atomic mass is 35.5. The molecule has 5 heteroatoms. The molecule has 0 bridgehead atoms. The molecule has 1 fully saturated rings. The van der Waals surface area contributed by atoms with Crippen molar-refractivity contribution >= 4 is 35.8 Å². The fourth-order valence-corrected chi connectivity index (χ4v) is 3.54. The SMILES string of the molecule is CCCCCCC1COB(c2ccc(CCC)c(Cl)c2Cl)OC1. The van der Waals surface area contributed by atoms with Crippen molar-refractivity contribution in [1.82, 2.24) is 0 Å². The van der Waals surface area contributed by atoms with Crippen LogP contribution in [0.5, 0.6) is 0 Å². The molecule has 0 amide bonds. The Balaban J connectivity index is 1.89. The first-order valence-electron chi connectivity index (χ1n) is 8.87. The highest BCUT2D eigenvalue weighted by molar-refractivity contribution is 6.66. The van der Waals surface area contributed by atoms with Crippen molar-refractivity contribution in [3.63, 3.8) is 0 Å².